The molecule has 6 amide bonds. The quantitative estimate of drug-likeness (QED) is 0.0987. The van der Waals surface area contributed by atoms with Gasteiger partial charge >= 0.3 is 6.09 Å². The SMILES string of the molecule is CCCC(NC(=O)[C@@H]1C[C@@H](OCc2ccccc2)CN1C(=O)C(NC(=O)OCC(C)C)C(C)C)C(=O)C(=O)NCC(=O)NC(CCO)C(N)=O. The molecule has 1 aliphatic rings. The first-order valence-corrected chi connectivity index (χ1v) is 16.9. The Morgan fingerprint density at radius 1 is 0.960 bits per heavy atom. The van der Waals surface area contributed by atoms with Gasteiger partial charge in [-0.15, -0.1) is 0 Å². The summed E-state index contributed by atoms with van der Waals surface area (Å²) in [5.41, 5.74) is 6.09. The van der Waals surface area contributed by atoms with E-state index < -0.39 is 84.8 Å². The average molecular weight is 705 g/mol. The molecule has 278 valence electrons. The van der Waals surface area contributed by atoms with Gasteiger partial charge in [-0.1, -0.05) is 71.4 Å². The predicted molar refractivity (Wildman–Crippen MR) is 181 cm³/mol. The fourth-order valence-electron chi connectivity index (χ4n) is 5.19. The molecule has 5 atom stereocenters. The van der Waals surface area contributed by atoms with Gasteiger partial charge in [-0.2, -0.15) is 0 Å². The number of primary amides is 1. The van der Waals surface area contributed by atoms with Crippen molar-refractivity contribution in [3.05, 3.63) is 35.9 Å². The second-order valence-corrected chi connectivity index (χ2v) is 13.0. The highest BCUT2D eigenvalue weighted by Gasteiger charge is 2.44. The summed E-state index contributed by atoms with van der Waals surface area (Å²) in [5.74, 6) is -5.39. The molecule has 1 aliphatic heterocycles. The van der Waals surface area contributed by atoms with E-state index in [-0.39, 0.29) is 50.9 Å². The zero-order valence-corrected chi connectivity index (χ0v) is 29.4. The van der Waals surface area contributed by atoms with Crippen molar-refractivity contribution in [2.75, 3.05) is 26.3 Å². The van der Waals surface area contributed by atoms with Crippen LogP contribution in [0.2, 0.25) is 0 Å². The van der Waals surface area contributed by atoms with E-state index in [1.165, 1.54) is 4.90 Å². The van der Waals surface area contributed by atoms with Crippen molar-refractivity contribution in [2.45, 2.75) is 97.2 Å². The van der Waals surface area contributed by atoms with Crippen LogP contribution < -0.4 is 27.0 Å². The Morgan fingerprint density at radius 3 is 2.22 bits per heavy atom. The molecule has 0 saturated carbocycles. The first-order chi connectivity index (χ1) is 23.7. The number of Topliss-reactive ketones (excluding diaryl/α,β-unsaturated/α-hetero) is 1. The molecule has 50 heavy (non-hydrogen) atoms. The standard InChI is InChI=1S/C34H52N6O10/c1-6-10-24(29(43)32(46)36-16-27(42)37-25(13-14-41)30(35)44)38-31(45)26-15-23(49-19-22-11-8-7-9-12-22)17-40(26)33(47)28(21(4)5)39-34(48)50-18-20(2)3/h7-9,11-12,20-21,23-26,28,41H,6,10,13-19H2,1-5H3,(H2,35,44)(H,36,46)(H,37,42)(H,38,45)(H,39,48)/t23-,24?,25?,26+,28?/m1/s1. The number of alkyl carbamates (subject to hydrolysis) is 1. The van der Waals surface area contributed by atoms with Gasteiger partial charge in [-0.05, 0) is 30.2 Å². The molecular formula is C34H52N6O10. The van der Waals surface area contributed by atoms with E-state index in [1.807, 2.05) is 44.2 Å². The normalized spacial score (nSPS) is 17.4. The van der Waals surface area contributed by atoms with Crippen LogP contribution in [0.4, 0.5) is 4.79 Å². The number of nitrogens with zero attached hydrogens (tertiary/aromatic N) is 1. The zero-order chi connectivity index (χ0) is 37.4. The van der Waals surface area contributed by atoms with Crippen LogP contribution in [-0.4, -0.2) is 108 Å². The molecule has 3 unspecified atom stereocenters. The molecule has 0 radical (unpaired) electrons. The molecule has 0 bridgehead atoms. The summed E-state index contributed by atoms with van der Waals surface area (Å²) in [5, 5.41) is 18.7. The number of carbonyl (C=O) groups is 7. The summed E-state index contributed by atoms with van der Waals surface area (Å²) in [4.78, 5) is 91.3. The maximum atomic E-state index is 14.0. The largest absolute Gasteiger partial charge is 0.449 e. The number of ketones is 1. The Labute approximate surface area is 292 Å². The lowest BCUT2D eigenvalue weighted by Gasteiger charge is -2.31. The average Bonchev–Trinajstić information content (AvgIpc) is 3.51. The Kier molecular flexibility index (Phi) is 17.3. The molecule has 2 rings (SSSR count). The van der Waals surface area contributed by atoms with Gasteiger partial charge in [-0.3, -0.25) is 28.8 Å². The van der Waals surface area contributed by atoms with E-state index in [9.17, 15) is 33.6 Å². The highest BCUT2D eigenvalue weighted by atomic mass is 16.5. The number of nitrogens with one attached hydrogen (secondary N) is 4. The van der Waals surface area contributed by atoms with Crippen LogP contribution in [0.25, 0.3) is 0 Å². The smallest absolute Gasteiger partial charge is 0.407 e. The van der Waals surface area contributed by atoms with Crippen molar-refractivity contribution in [1.29, 1.82) is 0 Å². The monoisotopic (exact) mass is 704 g/mol. The maximum absolute atomic E-state index is 14.0. The number of hydrogen-bond donors (Lipinski definition) is 6. The van der Waals surface area contributed by atoms with Crippen molar-refractivity contribution in [1.82, 2.24) is 26.2 Å². The van der Waals surface area contributed by atoms with Crippen LogP contribution in [-0.2, 0) is 44.8 Å². The predicted octanol–water partition coefficient (Wildman–Crippen LogP) is -0.0978. The number of benzene rings is 1. The van der Waals surface area contributed by atoms with Gasteiger partial charge in [0, 0.05) is 19.6 Å². The fourth-order valence-corrected chi connectivity index (χ4v) is 5.19. The van der Waals surface area contributed by atoms with Crippen molar-refractivity contribution in [3.8, 4) is 0 Å². The molecule has 1 aromatic carbocycles. The minimum atomic E-state index is -1.28. The summed E-state index contributed by atoms with van der Waals surface area (Å²) in [6.45, 7) is 8.31. The van der Waals surface area contributed by atoms with Gasteiger partial charge in [0.25, 0.3) is 5.91 Å². The Balaban J connectivity index is 2.21. The van der Waals surface area contributed by atoms with Gasteiger partial charge in [0.15, 0.2) is 0 Å². The lowest BCUT2D eigenvalue weighted by Crippen LogP contribution is -2.57. The first kappa shape index (κ1) is 41.6. The summed E-state index contributed by atoms with van der Waals surface area (Å²) >= 11 is 0. The first-order valence-electron chi connectivity index (χ1n) is 16.9. The van der Waals surface area contributed by atoms with E-state index in [0.717, 1.165) is 5.56 Å². The number of amides is 6. The van der Waals surface area contributed by atoms with Crippen molar-refractivity contribution in [2.24, 2.45) is 17.6 Å². The van der Waals surface area contributed by atoms with E-state index >= 15 is 0 Å². The number of rotatable bonds is 20. The second kappa shape index (κ2) is 20.8. The van der Waals surface area contributed by atoms with Crippen LogP contribution in [0.1, 0.15) is 65.9 Å². The fraction of sp³-hybridized carbons (Fsp3) is 0.618. The van der Waals surface area contributed by atoms with E-state index in [4.69, 9.17) is 20.3 Å². The summed E-state index contributed by atoms with van der Waals surface area (Å²) < 4.78 is 11.3. The number of hydrogen-bond acceptors (Lipinski definition) is 10. The highest BCUT2D eigenvalue weighted by Crippen LogP contribution is 2.25. The summed E-state index contributed by atoms with van der Waals surface area (Å²) in [6, 6.07) is 4.76. The third-order valence-corrected chi connectivity index (χ3v) is 7.87. The molecule has 7 N–H and O–H groups in total. The van der Waals surface area contributed by atoms with Crippen LogP contribution in [0.3, 0.4) is 0 Å². The minimum absolute atomic E-state index is 0.0280. The number of likely N-dealkylation sites (tertiary alicyclic amines) is 1. The molecule has 0 aromatic heterocycles. The van der Waals surface area contributed by atoms with E-state index in [2.05, 4.69) is 21.3 Å². The van der Waals surface area contributed by atoms with Crippen molar-refractivity contribution >= 4 is 41.4 Å². The van der Waals surface area contributed by atoms with Gasteiger partial charge in [0.2, 0.25) is 29.4 Å². The Hall–Kier alpha value is -4.57. The second-order valence-electron chi connectivity index (χ2n) is 13.0. The summed E-state index contributed by atoms with van der Waals surface area (Å²) in [6.07, 6.45) is -0.895. The molecule has 1 saturated heterocycles. The van der Waals surface area contributed by atoms with Crippen molar-refractivity contribution < 1.29 is 48.1 Å². The molecule has 1 fully saturated rings. The molecule has 1 aromatic rings. The Bertz CT molecular complexity index is 1320. The molecule has 1 heterocycles. The number of aliphatic hydroxyl groups is 1. The number of aliphatic hydroxyl groups excluding tert-OH is 1. The number of ether oxygens (including phenoxy) is 2. The van der Waals surface area contributed by atoms with Gasteiger partial charge in [-0.25, -0.2) is 4.79 Å². The molecule has 16 heteroatoms. The van der Waals surface area contributed by atoms with Crippen molar-refractivity contribution in [3.63, 3.8) is 0 Å². The molecule has 0 spiro atoms. The topological polar surface area (TPSA) is 236 Å². The van der Waals surface area contributed by atoms with Gasteiger partial charge in [0.1, 0.15) is 18.1 Å². The van der Waals surface area contributed by atoms with E-state index in [1.54, 1.807) is 20.8 Å². The van der Waals surface area contributed by atoms with Gasteiger partial charge in [0.05, 0.1) is 31.9 Å². The van der Waals surface area contributed by atoms with Crippen LogP contribution in [0, 0.1) is 11.8 Å². The number of carbonyl (C=O) groups excluding carboxylic acids is 7. The Morgan fingerprint density at radius 2 is 1.64 bits per heavy atom. The van der Waals surface area contributed by atoms with Crippen LogP contribution in [0.5, 0.6) is 0 Å². The highest BCUT2D eigenvalue weighted by molar-refractivity contribution is 6.38. The van der Waals surface area contributed by atoms with E-state index in [0.29, 0.717) is 6.42 Å². The molecular weight excluding hydrogens is 652 g/mol. The van der Waals surface area contributed by atoms with Crippen LogP contribution >= 0.6 is 0 Å². The third-order valence-electron chi connectivity index (χ3n) is 7.87. The molecule has 0 aliphatic carbocycles. The van der Waals surface area contributed by atoms with Crippen LogP contribution in [0.15, 0.2) is 30.3 Å². The lowest BCUT2D eigenvalue weighted by atomic mass is 10.0. The maximum Gasteiger partial charge on any atom is 0.407 e. The molecule has 16 nitrogen and oxygen atoms in total. The minimum Gasteiger partial charge on any atom is -0.449 e. The third kappa shape index (κ3) is 13.4. The number of nitrogens with two attached hydrogens (primary N) is 1. The lowest BCUT2D eigenvalue weighted by molar-refractivity contribution is -0.143. The zero-order valence-electron chi connectivity index (χ0n) is 29.4. The summed E-state index contributed by atoms with van der Waals surface area (Å²) in [7, 11) is 0. The van der Waals surface area contributed by atoms with Gasteiger partial charge < -0.3 is 46.5 Å².